The first-order valence-electron chi connectivity index (χ1n) is 7.34. The molecule has 1 saturated heterocycles. The summed E-state index contributed by atoms with van der Waals surface area (Å²) in [5.74, 6) is 0. The van der Waals surface area contributed by atoms with Crippen LogP contribution in [-0.2, 0) is 4.74 Å². The van der Waals surface area contributed by atoms with Crippen LogP contribution in [0.3, 0.4) is 0 Å². The van der Waals surface area contributed by atoms with E-state index in [4.69, 9.17) is 10.5 Å². The highest BCUT2D eigenvalue weighted by atomic mass is 16.5. The molecule has 4 heteroatoms. The second kappa shape index (κ2) is 5.87. The Bertz CT molecular complexity index is 266. The highest BCUT2D eigenvalue weighted by Crippen LogP contribution is 2.40. The minimum Gasteiger partial charge on any atom is -0.378 e. The fourth-order valence-electron chi connectivity index (χ4n) is 3.58. The lowest BCUT2D eigenvalue weighted by atomic mass is 9.72. The van der Waals surface area contributed by atoms with Crippen molar-refractivity contribution in [2.75, 3.05) is 40.3 Å². The topological polar surface area (TPSA) is 41.7 Å². The fraction of sp³-hybridized carbons (Fsp3) is 1.00. The molecule has 1 saturated carbocycles. The average Bonchev–Trinajstić information content (AvgIpc) is 2.32. The molecule has 1 aliphatic carbocycles. The zero-order chi connectivity index (χ0) is 13.2. The van der Waals surface area contributed by atoms with E-state index in [-0.39, 0.29) is 5.54 Å². The molecule has 1 heterocycles. The summed E-state index contributed by atoms with van der Waals surface area (Å²) in [6, 6.07) is 0.662. The molecule has 2 aliphatic rings. The van der Waals surface area contributed by atoms with E-state index in [0.29, 0.717) is 12.1 Å². The molecule has 0 spiro atoms. The zero-order valence-corrected chi connectivity index (χ0v) is 12.2. The van der Waals surface area contributed by atoms with Gasteiger partial charge in [0.05, 0.1) is 6.10 Å². The number of nitrogens with two attached hydrogens (primary N) is 1. The zero-order valence-electron chi connectivity index (χ0n) is 12.2. The molecule has 18 heavy (non-hydrogen) atoms. The molecule has 0 aromatic heterocycles. The Morgan fingerprint density at radius 1 is 1.44 bits per heavy atom. The molecule has 0 bridgehead atoms. The van der Waals surface area contributed by atoms with Crippen molar-refractivity contribution < 1.29 is 4.74 Å². The molecule has 1 atom stereocenters. The van der Waals surface area contributed by atoms with Crippen molar-refractivity contribution in [1.82, 2.24) is 9.80 Å². The van der Waals surface area contributed by atoms with Gasteiger partial charge in [-0.15, -0.1) is 0 Å². The summed E-state index contributed by atoms with van der Waals surface area (Å²) in [7, 11) is 4.48. The summed E-state index contributed by atoms with van der Waals surface area (Å²) in [6.45, 7) is 6.07. The standard InChI is InChI=1S/C14H29N3O/c1-4-18-13-8-14(9-13,11-15)17(3)12-6-5-7-16(2)10-12/h12-13H,4-11,15H2,1-3H3. The molecule has 0 amide bonds. The number of ether oxygens (including phenoxy) is 1. The van der Waals surface area contributed by atoms with Gasteiger partial charge >= 0.3 is 0 Å². The maximum Gasteiger partial charge on any atom is 0.0611 e. The van der Waals surface area contributed by atoms with Crippen molar-refractivity contribution in [2.45, 2.75) is 50.3 Å². The lowest BCUT2D eigenvalue weighted by Gasteiger charge is -2.55. The van der Waals surface area contributed by atoms with E-state index in [0.717, 1.165) is 26.0 Å². The van der Waals surface area contributed by atoms with E-state index in [1.54, 1.807) is 0 Å². The smallest absolute Gasteiger partial charge is 0.0611 e. The number of hydrogen-bond donors (Lipinski definition) is 1. The monoisotopic (exact) mass is 255 g/mol. The Morgan fingerprint density at radius 3 is 2.72 bits per heavy atom. The van der Waals surface area contributed by atoms with Crippen LogP contribution in [0.15, 0.2) is 0 Å². The van der Waals surface area contributed by atoms with Gasteiger partial charge in [-0.05, 0) is 53.2 Å². The highest BCUT2D eigenvalue weighted by molar-refractivity contribution is 5.05. The summed E-state index contributed by atoms with van der Waals surface area (Å²) in [4.78, 5) is 4.99. The Labute approximate surface area is 111 Å². The van der Waals surface area contributed by atoms with Gasteiger partial charge in [0.2, 0.25) is 0 Å². The van der Waals surface area contributed by atoms with Gasteiger partial charge in [-0.3, -0.25) is 4.90 Å². The Hall–Kier alpha value is -0.160. The van der Waals surface area contributed by atoms with Gasteiger partial charge in [0, 0.05) is 31.3 Å². The van der Waals surface area contributed by atoms with Crippen LogP contribution in [-0.4, -0.2) is 67.8 Å². The first-order valence-corrected chi connectivity index (χ1v) is 7.34. The van der Waals surface area contributed by atoms with Gasteiger partial charge in [-0.25, -0.2) is 0 Å². The number of rotatable bonds is 5. The molecule has 106 valence electrons. The lowest BCUT2D eigenvalue weighted by molar-refractivity contribution is -0.110. The van der Waals surface area contributed by atoms with Crippen LogP contribution in [0.5, 0.6) is 0 Å². The molecule has 2 fully saturated rings. The molecule has 4 nitrogen and oxygen atoms in total. The van der Waals surface area contributed by atoms with Gasteiger partial charge in [0.1, 0.15) is 0 Å². The van der Waals surface area contributed by atoms with E-state index in [9.17, 15) is 0 Å². The summed E-state index contributed by atoms with van der Waals surface area (Å²) in [5.41, 5.74) is 6.26. The summed E-state index contributed by atoms with van der Waals surface area (Å²) >= 11 is 0. The molecule has 0 aromatic rings. The number of nitrogens with zero attached hydrogens (tertiary/aromatic N) is 2. The van der Waals surface area contributed by atoms with Crippen LogP contribution in [0.2, 0.25) is 0 Å². The van der Waals surface area contributed by atoms with Crippen LogP contribution in [0, 0.1) is 0 Å². The van der Waals surface area contributed by atoms with Crippen LogP contribution in [0.25, 0.3) is 0 Å². The lowest BCUT2D eigenvalue weighted by Crippen LogP contribution is -2.66. The van der Waals surface area contributed by atoms with Gasteiger partial charge in [-0.1, -0.05) is 0 Å². The van der Waals surface area contributed by atoms with Crippen molar-refractivity contribution in [3.05, 3.63) is 0 Å². The maximum absolute atomic E-state index is 6.06. The molecule has 0 radical (unpaired) electrons. The van der Waals surface area contributed by atoms with E-state index < -0.39 is 0 Å². The van der Waals surface area contributed by atoms with Crippen LogP contribution in [0.1, 0.15) is 32.6 Å². The molecule has 0 aromatic carbocycles. The fourth-order valence-corrected chi connectivity index (χ4v) is 3.58. The Balaban J connectivity index is 1.92. The quantitative estimate of drug-likeness (QED) is 0.793. The van der Waals surface area contributed by atoms with Crippen molar-refractivity contribution in [1.29, 1.82) is 0 Å². The molecule has 1 aliphatic heterocycles. The SMILES string of the molecule is CCOC1CC(CN)(N(C)C2CCCN(C)C2)C1. The molecule has 1 unspecified atom stereocenters. The predicted molar refractivity (Wildman–Crippen MR) is 74.7 cm³/mol. The van der Waals surface area contributed by atoms with Crippen molar-refractivity contribution in [3.63, 3.8) is 0 Å². The molecule has 2 N–H and O–H groups in total. The third-order valence-corrected chi connectivity index (χ3v) is 4.89. The molecular formula is C14H29N3O. The summed E-state index contributed by atoms with van der Waals surface area (Å²) < 4.78 is 5.70. The minimum absolute atomic E-state index is 0.197. The first-order chi connectivity index (χ1) is 8.61. The highest BCUT2D eigenvalue weighted by Gasteiger charge is 2.48. The van der Waals surface area contributed by atoms with Gasteiger partial charge < -0.3 is 15.4 Å². The Morgan fingerprint density at radius 2 is 2.17 bits per heavy atom. The molecular weight excluding hydrogens is 226 g/mol. The van der Waals surface area contributed by atoms with E-state index in [2.05, 4.69) is 30.8 Å². The average molecular weight is 255 g/mol. The van der Waals surface area contributed by atoms with Gasteiger partial charge in [0.15, 0.2) is 0 Å². The summed E-state index contributed by atoms with van der Waals surface area (Å²) in [6.07, 6.45) is 5.26. The maximum atomic E-state index is 6.06. The minimum atomic E-state index is 0.197. The van der Waals surface area contributed by atoms with Crippen LogP contribution < -0.4 is 5.73 Å². The number of likely N-dealkylation sites (N-methyl/N-ethyl adjacent to an activating group) is 2. The number of likely N-dealkylation sites (tertiary alicyclic amines) is 1. The van der Waals surface area contributed by atoms with Crippen LogP contribution in [0.4, 0.5) is 0 Å². The van der Waals surface area contributed by atoms with E-state index >= 15 is 0 Å². The summed E-state index contributed by atoms with van der Waals surface area (Å²) in [5, 5.41) is 0. The van der Waals surface area contributed by atoms with E-state index in [1.165, 1.54) is 25.9 Å². The second-order valence-corrected chi connectivity index (χ2v) is 6.08. The third kappa shape index (κ3) is 2.72. The van der Waals surface area contributed by atoms with Crippen molar-refractivity contribution in [3.8, 4) is 0 Å². The molecule has 2 rings (SSSR count). The van der Waals surface area contributed by atoms with Crippen LogP contribution >= 0.6 is 0 Å². The normalized spacial score (nSPS) is 37.8. The first kappa shape index (κ1) is 14.3. The van der Waals surface area contributed by atoms with Crippen molar-refractivity contribution in [2.24, 2.45) is 5.73 Å². The van der Waals surface area contributed by atoms with Crippen molar-refractivity contribution >= 4 is 0 Å². The third-order valence-electron chi connectivity index (χ3n) is 4.89. The second-order valence-electron chi connectivity index (χ2n) is 6.08. The predicted octanol–water partition coefficient (Wildman–Crippen LogP) is 0.909. The number of hydrogen-bond acceptors (Lipinski definition) is 4. The van der Waals surface area contributed by atoms with Gasteiger partial charge in [0.25, 0.3) is 0 Å². The number of piperidine rings is 1. The van der Waals surface area contributed by atoms with Gasteiger partial charge in [-0.2, -0.15) is 0 Å². The Kier molecular flexibility index (Phi) is 4.64. The van der Waals surface area contributed by atoms with E-state index in [1.807, 2.05) is 0 Å². The largest absolute Gasteiger partial charge is 0.378 e.